The number of aliphatic hydroxyl groups is 1. The lowest BCUT2D eigenvalue weighted by Gasteiger charge is -2.24. The van der Waals surface area contributed by atoms with Crippen molar-refractivity contribution >= 4 is 0 Å². The molecule has 3 atom stereocenters. The van der Waals surface area contributed by atoms with E-state index in [1.54, 1.807) is 12.5 Å². The monoisotopic (exact) mass is 263 g/mol. The topological polar surface area (TPSA) is 46.3 Å². The first-order valence-corrected chi connectivity index (χ1v) is 7.56. The summed E-state index contributed by atoms with van der Waals surface area (Å²) < 4.78 is 5.55. The molecule has 1 aromatic rings. The van der Waals surface area contributed by atoms with E-state index in [-0.39, 0.29) is 10.8 Å². The van der Waals surface area contributed by atoms with Crippen LogP contribution < -0.4 is 0 Å². The Kier molecular flexibility index (Phi) is 3.01. The van der Waals surface area contributed by atoms with Gasteiger partial charge in [-0.1, -0.05) is 20.8 Å². The first-order valence-electron chi connectivity index (χ1n) is 7.56. The molecule has 0 radical (unpaired) electrons. The van der Waals surface area contributed by atoms with E-state index in [1.807, 2.05) is 0 Å². The van der Waals surface area contributed by atoms with Crippen LogP contribution in [0.3, 0.4) is 0 Å². The van der Waals surface area contributed by atoms with Gasteiger partial charge in [-0.3, -0.25) is 0 Å². The van der Waals surface area contributed by atoms with E-state index in [2.05, 4.69) is 25.8 Å². The van der Waals surface area contributed by atoms with Crippen LogP contribution >= 0.6 is 0 Å². The molecule has 3 nitrogen and oxygen atoms in total. The Morgan fingerprint density at radius 3 is 2.58 bits per heavy atom. The molecule has 1 N–H and O–H groups in total. The fourth-order valence-corrected chi connectivity index (χ4v) is 3.98. The Labute approximate surface area is 115 Å². The molecule has 0 spiro atoms. The molecule has 3 rings (SSSR count). The minimum absolute atomic E-state index is 0.195. The third-order valence-corrected chi connectivity index (χ3v) is 5.95. The Bertz CT molecular complexity index is 436. The van der Waals surface area contributed by atoms with E-state index in [0.29, 0.717) is 24.4 Å². The van der Waals surface area contributed by atoms with Crippen molar-refractivity contribution in [2.24, 2.45) is 23.2 Å². The Morgan fingerprint density at radius 1 is 1.42 bits per heavy atom. The summed E-state index contributed by atoms with van der Waals surface area (Å²) in [5.41, 5.74) is 0.394. The largest absolute Gasteiger partial charge is 0.448 e. The Balaban J connectivity index is 1.66. The van der Waals surface area contributed by atoms with Crippen LogP contribution in [0, 0.1) is 23.2 Å². The Hall–Kier alpha value is -0.830. The molecule has 1 aromatic heterocycles. The molecule has 0 aliphatic heterocycles. The van der Waals surface area contributed by atoms with Crippen LogP contribution in [-0.2, 0) is 5.41 Å². The molecule has 3 unspecified atom stereocenters. The molecule has 0 saturated heterocycles. The average Bonchev–Trinajstić information content (AvgIpc) is 3.27. The van der Waals surface area contributed by atoms with Gasteiger partial charge in [0.2, 0.25) is 0 Å². The van der Waals surface area contributed by atoms with Crippen LogP contribution in [0.2, 0.25) is 0 Å². The summed E-state index contributed by atoms with van der Waals surface area (Å²) in [7, 11) is 0. The quantitative estimate of drug-likeness (QED) is 0.855. The van der Waals surface area contributed by atoms with E-state index >= 15 is 0 Å². The van der Waals surface area contributed by atoms with E-state index in [4.69, 9.17) is 4.42 Å². The van der Waals surface area contributed by atoms with Crippen LogP contribution in [0.5, 0.6) is 0 Å². The second kappa shape index (κ2) is 4.34. The van der Waals surface area contributed by atoms with Crippen molar-refractivity contribution in [3.63, 3.8) is 0 Å². The fourth-order valence-electron chi connectivity index (χ4n) is 3.98. The molecular formula is C16H25NO2. The summed E-state index contributed by atoms with van der Waals surface area (Å²) in [6, 6.07) is 0. The summed E-state index contributed by atoms with van der Waals surface area (Å²) >= 11 is 0. The molecule has 2 aliphatic rings. The summed E-state index contributed by atoms with van der Waals surface area (Å²) in [5.74, 6) is 2.79. The van der Waals surface area contributed by atoms with Gasteiger partial charge in [0.05, 0.1) is 6.20 Å². The number of rotatable bonds is 6. The fraction of sp³-hybridized carbons (Fsp3) is 0.812. The number of aliphatic hydroxyl groups excluding tert-OH is 1. The minimum Gasteiger partial charge on any atom is -0.448 e. The van der Waals surface area contributed by atoms with Gasteiger partial charge in [0, 0.05) is 12.0 Å². The highest BCUT2D eigenvalue weighted by atomic mass is 16.3. The number of hydrogen-bond donors (Lipinski definition) is 1. The van der Waals surface area contributed by atoms with Gasteiger partial charge in [-0.05, 0) is 48.9 Å². The smallest absolute Gasteiger partial charge is 0.200 e. The maximum atomic E-state index is 9.68. The van der Waals surface area contributed by atoms with Crippen molar-refractivity contribution in [3.05, 3.63) is 18.4 Å². The van der Waals surface area contributed by atoms with Gasteiger partial charge in [0.15, 0.2) is 5.89 Å². The molecule has 1 heterocycles. The molecular weight excluding hydrogens is 238 g/mol. The second-order valence-corrected chi connectivity index (χ2v) is 7.08. The van der Waals surface area contributed by atoms with Crippen LogP contribution in [0.4, 0.5) is 0 Å². The van der Waals surface area contributed by atoms with Crippen LogP contribution in [0.1, 0.15) is 52.3 Å². The van der Waals surface area contributed by atoms with E-state index in [1.165, 1.54) is 25.7 Å². The van der Waals surface area contributed by atoms with Gasteiger partial charge in [-0.25, -0.2) is 4.98 Å². The van der Waals surface area contributed by atoms with E-state index in [9.17, 15) is 5.11 Å². The zero-order valence-corrected chi connectivity index (χ0v) is 12.2. The maximum Gasteiger partial charge on any atom is 0.200 e. The molecule has 2 saturated carbocycles. The third-order valence-electron chi connectivity index (χ3n) is 5.95. The average molecular weight is 263 g/mol. The third kappa shape index (κ3) is 1.94. The van der Waals surface area contributed by atoms with Crippen LogP contribution in [0.15, 0.2) is 16.9 Å². The van der Waals surface area contributed by atoms with Gasteiger partial charge in [0.25, 0.3) is 0 Å². The van der Waals surface area contributed by atoms with Crippen molar-refractivity contribution in [2.75, 3.05) is 6.61 Å². The van der Waals surface area contributed by atoms with Crippen LogP contribution in [-0.4, -0.2) is 16.7 Å². The zero-order chi connectivity index (χ0) is 13.7. The lowest BCUT2D eigenvalue weighted by Crippen LogP contribution is -2.22. The van der Waals surface area contributed by atoms with E-state index < -0.39 is 0 Å². The second-order valence-electron chi connectivity index (χ2n) is 7.08. The van der Waals surface area contributed by atoms with Gasteiger partial charge in [-0.15, -0.1) is 0 Å². The van der Waals surface area contributed by atoms with Crippen molar-refractivity contribution in [1.29, 1.82) is 0 Å². The summed E-state index contributed by atoms with van der Waals surface area (Å²) in [6.45, 7) is 7.15. The standard InChI is InChI=1S/C16H25NO2/c1-11(2)16(10-18)9-13(16)8-12(3)15(4-5-15)14-17-6-7-19-14/h6-7,11-13,18H,4-5,8-10H2,1-3H3. The normalized spacial score (nSPS) is 33.4. The highest BCUT2D eigenvalue weighted by Gasteiger charge is 2.59. The number of oxazole rings is 1. The van der Waals surface area contributed by atoms with Crippen molar-refractivity contribution in [3.8, 4) is 0 Å². The number of hydrogen-bond acceptors (Lipinski definition) is 3. The Morgan fingerprint density at radius 2 is 2.16 bits per heavy atom. The minimum atomic E-state index is 0.195. The highest BCUT2D eigenvalue weighted by Crippen LogP contribution is 2.63. The predicted molar refractivity (Wildman–Crippen MR) is 73.7 cm³/mol. The molecule has 2 aliphatic carbocycles. The highest BCUT2D eigenvalue weighted by molar-refractivity contribution is 5.18. The molecule has 0 amide bonds. The molecule has 19 heavy (non-hydrogen) atoms. The van der Waals surface area contributed by atoms with Crippen molar-refractivity contribution in [1.82, 2.24) is 4.98 Å². The molecule has 3 heteroatoms. The van der Waals surface area contributed by atoms with Crippen molar-refractivity contribution in [2.45, 2.75) is 51.9 Å². The first-order chi connectivity index (χ1) is 9.05. The van der Waals surface area contributed by atoms with Crippen molar-refractivity contribution < 1.29 is 9.52 Å². The molecule has 0 aromatic carbocycles. The summed E-state index contributed by atoms with van der Waals surface area (Å²) in [6.07, 6.45) is 8.23. The lowest BCUT2D eigenvalue weighted by molar-refractivity contribution is 0.148. The predicted octanol–water partition coefficient (Wildman–Crippen LogP) is 3.39. The maximum absolute atomic E-state index is 9.68. The molecule has 2 fully saturated rings. The SMILES string of the molecule is CC(CC1CC1(CO)C(C)C)C1(c2ncco2)CC1. The zero-order valence-electron chi connectivity index (χ0n) is 12.2. The lowest BCUT2D eigenvalue weighted by atomic mass is 9.82. The van der Waals surface area contributed by atoms with Gasteiger partial charge in [-0.2, -0.15) is 0 Å². The van der Waals surface area contributed by atoms with E-state index in [0.717, 1.165) is 5.89 Å². The number of nitrogens with zero attached hydrogens (tertiary/aromatic N) is 1. The summed E-state index contributed by atoms with van der Waals surface area (Å²) in [5, 5.41) is 9.68. The van der Waals surface area contributed by atoms with Gasteiger partial charge < -0.3 is 9.52 Å². The summed E-state index contributed by atoms with van der Waals surface area (Å²) in [4.78, 5) is 4.37. The molecule has 0 bridgehead atoms. The van der Waals surface area contributed by atoms with Crippen LogP contribution in [0.25, 0.3) is 0 Å². The van der Waals surface area contributed by atoms with Gasteiger partial charge in [0.1, 0.15) is 6.26 Å². The first kappa shape index (κ1) is 13.2. The molecule has 106 valence electrons. The van der Waals surface area contributed by atoms with Gasteiger partial charge >= 0.3 is 0 Å². The number of aromatic nitrogens is 1.